The fourth-order valence-electron chi connectivity index (χ4n) is 3.53. The molecule has 0 aromatic carbocycles. The summed E-state index contributed by atoms with van der Waals surface area (Å²) in [5.41, 5.74) is 0.718. The average molecular weight is 298 g/mol. The molecule has 1 N–H and O–H groups in total. The van der Waals surface area contributed by atoms with Crippen molar-refractivity contribution in [2.45, 2.75) is 25.4 Å². The van der Waals surface area contributed by atoms with Crippen molar-refractivity contribution in [3.05, 3.63) is 36.8 Å². The third kappa shape index (κ3) is 2.39. The van der Waals surface area contributed by atoms with E-state index in [1.807, 2.05) is 18.3 Å². The van der Waals surface area contributed by atoms with Crippen molar-refractivity contribution in [1.29, 1.82) is 0 Å². The quantitative estimate of drug-likeness (QED) is 0.941. The number of pyridine rings is 1. The zero-order valence-electron chi connectivity index (χ0n) is 12.2. The van der Waals surface area contributed by atoms with Crippen LogP contribution in [0.2, 0.25) is 0 Å². The zero-order valence-corrected chi connectivity index (χ0v) is 12.2. The Balaban J connectivity index is 1.49. The Bertz CT molecular complexity index is 671. The molecule has 114 valence electrons. The minimum atomic E-state index is -0.311. The van der Waals surface area contributed by atoms with Gasteiger partial charge in [0.2, 0.25) is 0 Å². The molecule has 0 radical (unpaired) electrons. The summed E-state index contributed by atoms with van der Waals surface area (Å²) in [6.07, 6.45) is 8.36. The Hall–Kier alpha value is -2.21. The van der Waals surface area contributed by atoms with Crippen molar-refractivity contribution < 1.29 is 9.53 Å². The Labute approximate surface area is 128 Å². The number of carbonyl (C=O) groups excluding carboxylic acids is 1. The average Bonchev–Trinajstić information content (AvgIpc) is 3.25. The lowest BCUT2D eigenvalue weighted by Crippen LogP contribution is -2.32. The van der Waals surface area contributed by atoms with Crippen LogP contribution in [0.5, 0.6) is 0 Å². The van der Waals surface area contributed by atoms with Gasteiger partial charge in [0.15, 0.2) is 5.82 Å². The van der Waals surface area contributed by atoms with Crippen LogP contribution < -0.4 is 5.32 Å². The second-order valence-corrected chi connectivity index (χ2v) is 5.95. The second kappa shape index (κ2) is 5.53. The molecule has 2 aromatic rings. The number of nitrogens with one attached hydrogen (secondary N) is 1. The fourth-order valence-corrected chi connectivity index (χ4v) is 3.53. The molecule has 4 rings (SSSR count). The van der Waals surface area contributed by atoms with Crippen LogP contribution in [0.15, 0.2) is 36.8 Å². The summed E-state index contributed by atoms with van der Waals surface area (Å²) in [5.74, 6) is 1.57. The van der Waals surface area contributed by atoms with E-state index < -0.39 is 0 Å². The molecule has 1 amide bonds. The van der Waals surface area contributed by atoms with Crippen molar-refractivity contribution in [3.8, 4) is 5.82 Å². The highest BCUT2D eigenvalue weighted by Gasteiger charge is 2.43. The van der Waals surface area contributed by atoms with E-state index in [4.69, 9.17) is 4.74 Å². The highest BCUT2D eigenvalue weighted by molar-refractivity contribution is 5.94. The van der Waals surface area contributed by atoms with E-state index in [0.29, 0.717) is 17.7 Å². The van der Waals surface area contributed by atoms with Crippen molar-refractivity contribution in [2.75, 3.05) is 11.9 Å². The first-order valence-electron chi connectivity index (χ1n) is 7.70. The van der Waals surface area contributed by atoms with Gasteiger partial charge < -0.3 is 10.1 Å². The first-order chi connectivity index (χ1) is 10.8. The van der Waals surface area contributed by atoms with E-state index in [0.717, 1.165) is 18.7 Å². The van der Waals surface area contributed by atoms with Crippen molar-refractivity contribution in [1.82, 2.24) is 14.8 Å². The second-order valence-electron chi connectivity index (χ2n) is 5.95. The third-order valence-electron chi connectivity index (χ3n) is 4.61. The topological polar surface area (TPSA) is 69.0 Å². The summed E-state index contributed by atoms with van der Waals surface area (Å²) < 4.78 is 7.37. The lowest BCUT2D eigenvalue weighted by atomic mass is 9.94. The minimum Gasteiger partial charge on any atom is -0.368 e. The summed E-state index contributed by atoms with van der Waals surface area (Å²) in [4.78, 5) is 16.7. The molecule has 1 aliphatic carbocycles. The molecule has 0 spiro atoms. The van der Waals surface area contributed by atoms with E-state index in [-0.39, 0.29) is 12.0 Å². The Morgan fingerprint density at radius 2 is 2.32 bits per heavy atom. The van der Waals surface area contributed by atoms with Crippen molar-refractivity contribution >= 4 is 11.6 Å². The van der Waals surface area contributed by atoms with Crippen LogP contribution in [0, 0.1) is 11.8 Å². The maximum atomic E-state index is 12.5. The molecule has 2 fully saturated rings. The van der Waals surface area contributed by atoms with Crippen LogP contribution in [0.25, 0.3) is 5.82 Å². The molecule has 3 heterocycles. The van der Waals surface area contributed by atoms with Crippen LogP contribution in [0.3, 0.4) is 0 Å². The van der Waals surface area contributed by atoms with Crippen LogP contribution in [0.4, 0.5) is 5.69 Å². The van der Waals surface area contributed by atoms with Crippen LogP contribution in [-0.4, -0.2) is 33.4 Å². The molecule has 3 atom stereocenters. The smallest absolute Gasteiger partial charge is 0.253 e. The van der Waals surface area contributed by atoms with Gasteiger partial charge in [-0.1, -0.05) is 6.42 Å². The fraction of sp³-hybridized carbons (Fsp3) is 0.438. The van der Waals surface area contributed by atoms with E-state index in [1.165, 1.54) is 12.8 Å². The molecular formula is C16H18N4O2. The lowest BCUT2D eigenvalue weighted by molar-refractivity contribution is -0.126. The van der Waals surface area contributed by atoms with Gasteiger partial charge in [-0.25, -0.2) is 9.67 Å². The molecule has 0 unspecified atom stereocenters. The Morgan fingerprint density at radius 3 is 3.18 bits per heavy atom. The molecule has 1 aliphatic heterocycles. The number of carbonyl (C=O) groups is 1. The minimum absolute atomic E-state index is 0.0491. The number of aromatic nitrogens is 3. The zero-order chi connectivity index (χ0) is 14.9. The normalized spacial score (nSPS) is 26.8. The molecular weight excluding hydrogens is 280 g/mol. The lowest BCUT2D eigenvalue weighted by Gasteiger charge is -2.16. The molecule has 6 heteroatoms. The summed E-state index contributed by atoms with van der Waals surface area (Å²) in [6.45, 7) is 0.720. The van der Waals surface area contributed by atoms with Gasteiger partial charge >= 0.3 is 0 Å². The van der Waals surface area contributed by atoms with Crippen LogP contribution in [0.1, 0.15) is 19.3 Å². The van der Waals surface area contributed by atoms with Crippen molar-refractivity contribution in [3.63, 3.8) is 0 Å². The van der Waals surface area contributed by atoms with Crippen LogP contribution >= 0.6 is 0 Å². The summed E-state index contributed by atoms with van der Waals surface area (Å²) in [5, 5.41) is 7.10. The summed E-state index contributed by atoms with van der Waals surface area (Å²) >= 11 is 0. The summed E-state index contributed by atoms with van der Waals surface area (Å²) in [6, 6.07) is 5.43. The molecule has 22 heavy (non-hydrogen) atoms. The van der Waals surface area contributed by atoms with Crippen LogP contribution in [-0.2, 0) is 9.53 Å². The number of rotatable bonds is 3. The van der Waals surface area contributed by atoms with Gasteiger partial charge in [0.1, 0.15) is 6.10 Å². The highest BCUT2D eigenvalue weighted by atomic mass is 16.5. The maximum absolute atomic E-state index is 12.5. The van der Waals surface area contributed by atoms with E-state index >= 15 is 0 Å². The van der Waals surface area contributed by atoms with Gasteiger partial charge in [0.25, 0.3) is 5.91 Å². The predicted octanol–water partition coefficient (Wildman–Crippen LogP) is 2.02. The first-order valence-corrected chi connectivity index (χ1v) is 7.70. The van der Waals surface area contributed by atoms with E-state index in [2.05, 4.69) is 15.4 Å². The van der Waals surface area contributed by atoms with Gasteiger partial charge in [-0.05, 0) is 36.8 Å². The maximum Gasteiger partial charge on any atom is 0.253 e. The van der Waals surface area contributed by atoms with Gasteiger partial charge in [0, 0.05) is 30.3 Å². The Kier molecular flexibility index (Phi) is 3.38. The van der Waals surface area contributed by atoms with E-state index in [9.17, 15) is 4.79 Å². The molecule has 1 saturated carbocycles. The number of ether oxygens (including phenoxy) is 1. The highest BCUT2D eigenvalue weighted by Crippen LogP contribution is 2.40. The van der Waals surface area contributed by atoms with E-state index in [1.54, 1.807) is 23.1 Å². The predicted molar refractivity (Wildman–Crippen MR) is 80.6 cm³/mol. The molecule has 1 saturated heterocycles. The third-order valence-corrected chi connectivity index (χ3v) is 4.61. The van der Waals surface area contributed by atoms with Gasteiger partial charge in [-0.15, -0.1) is 0 Å². The number of amides is 1. The SMILES string of the molecule is O=C(Nc1ccnc(-n2cccn2)c1)[C@@H]1OC[C@@H]2CCC[C@@H]21. The van der Waals surface area contributed by atoms with Gasteiger partial charge in [-0.3, -0.25) is 4.79 Å². The summed E-state index contributed by atoms with van der Waals surface area (Å²) in [7, 11) is 0. The largest absolute Gasteiger partial charge is 0.368 e. The number of hydrogen-bond acceptors (Lipinski definition) is 4. The number of hydrogen-bond donors (Lipinski definition) is 1. The Morgan fingerprint density at radius 1 is 1.36 bits per heavy atom. The van der Waals surface area contributed by atoms with Gasteiger partial charge in [0.05, 0.1) is 6.61 Å². The first kappa shape index (κ1) is 13.5. The molecule has 0 bridgehead atoms. The monoisotopic (exact) mass is 298 g/mol. The molecule has 2 aromatic heterocycles. The van der Waals surface area contributed by atoms with Gasteiger partial charge in [-0.2, -0.15) is 5.10 Å². The molecule has 6 nitrogen and oxygen atoms in total. The standard InChI is InChI=1S/C16H18N4O2/c21-16(15-13-4-1-3-11(13)10-22-15)19-12-5-7-17-14(9-12)20-8-2-6-18-20/h2,5-9,11,13,15H,1,3-4,10H2,(H,17,19,21)/t11-,13-,15+/m0/s1. The van der Waals surface area contributed by atoms with Crippen molar-refractivity contribution in [2.24, 2.45) is 11.8 Å². The number of nitrogens with zero attached hydrogens (tertiary/aromatic N) is 3. The number of anilines is 1. The molecule has 2 aliphatic rings. The number of fused-ring (bicyclic) bond motifs is 1.